The number of nitrogens with two attached hydrogens (primary N) is 1. The van der Waals surface area contributed by atoms with Gasteiger partial charge in [-0.3, -0.25) is 4.98 Å². The number of pyridine rings is 1. The molecule has 3 aromatic rings. The number of fused-ring (bicyclic) bond motifs is 1. The van der Waals surface area contributed by atoms with Crippen molar-refractivity contribution >= 4 is 41.1 Å². The van der Waals surface area contributed by atoms with Gasteiger partial charge in [0, 0.05) is 11.6 Å². The number of nitrogen functional groups attached to an aromatic ring is 1. The van der Waals surface area contributed by atoms with Gasteiger partial charge in [-0.2, -0.15) is 0 Å². The Bertz CT molecular complexity index is 927. The number of thioether (sulfide) groups is 1. The molecular weight excluding hydrogens is 350 g/mol. The van der Waals surface area contributed by atoms with E-state index in [0.717, 1.165) is 16.2 Å². The minimum atomic E-state index is -0.0609. The van der Waals surface area contributed by atoms with E-state index in [-0.39, 0.29) is 11.3 Å². The minimum absolute atomic E-state index is 0.0563. The van der Waals surface area contributed by atoms with E-state index in [1.54, 1.807) is 0 Å². The van der Waals surface area contributed by atoms with Crippen LogP contribution >= 0.6 is 24.4 Å². The van der Waals surface area contributed by atoms with Crippen LogP contribution in [0.2, 0.25) is 0 Å². The highest BCUT2D eigenvalue weighted by Gasteiger charge is 2.21. The van der Waals surface area contributed by atoms with Crippen LogP contribution in [-0.2, 0) is 5.41 Å². The molecule has 0 aliphatic rings. The Kier molecular flexibility index (Phi) is 4.72. The summed E-state index contributed by atoms with van der Waals surface area (Å²) in [6.45, 7) is 8.67. The fraction of sp³-hybridized carbons (Fsp3) is 0.389. The highest BCUT2D eigenvalue weighted by Crippen LogP contribution is 2.33. The molecule has 3 heterocycles. The van der Waals surface area contributed by atoms with Crippen molar-refractivity contribution < 1.29 is 0 Å². The topological polar surface area (TPSA) is 80.5 Å². The zero-order valence-electron chi connectivity index (χ0n) is 15.1. The first-order valence-electron chi connectivity index (χ1n) is 8.10. The van der Waals surface area contributed by atoms with Gasteiger partial charge in [0.2, 0.25) is 0 Å². The number of H-pyrrole nitrogens is 1. The van der Waals surface area contributed by atoms with Crippen LogP contribution in [0.4, 0.5) is 5.82 Å². The Labute approximate surface area is 157 Å². The maximum absolute atomic E-state index is 6.00. The summed E-state index contributed by atoms with van der Waals surface area (Å²) in [5.41, 5.74) is 9.30. The van der Waals surface area contributed by atoms with Crippen molar-refractivity contribution in [3.63, 3.8) is 0 Å². The second-order valence-corrected chi connectivity index (χ2v) is 8.40. The molecule has 3 N–H and O–H groups in total. The Morgan fingerprint density at radius 3 is 2.64 bits per heavy atom. The first-order valence-corrected chi connectivity index (χ1v) is 9.77. The molecule has 0 aliphatic carbocycles. The van der Waals surface area contributed by atoms with Crippen LogP contribution in [0.1, 0.15) is 50.7 Å². The molecule has 0 aliphatic heterocycles. The van der Waals surface area contributed by atoms with Crippen LogP contribution in [-0.4, -0.2) is 26.2 Å². The third-order valence-electron chi connectivity index (χ3n) is 4.32. The molecule has 0 spiro atoms. The lowest BCUT2D eigenvalue weighted by molar-refractivity contribution is 0.595. The Hall–Kier alpha value is -1.73. The van der Waals surface area contributed by atoms with Gasteiger partial charge in [0.1, 0.15) is 16.7 Å². The fourth-order valence-electron chi connectivity index (χ4n) is 2.83. The third kappa shape index (κ3) is 3.35. The fourth-order valence-corrected chi connectivity index (χ4v) is 3.69. The molecule has 7 heteroatoms. The van der Waals surface area contributed by atoms with Crippen LogP contribution in [0.3, 0.4) is 0 Å². The van der Waals surface area contributed by atoms with E-state index in [2.05, 4.69) is 72.5 Å². The molecule has 3 rings (SSSR count). The summed E-state index contributed by atoms with van der Waals surface area (Å²) < 4.78 is 0. The van der Waals surface area contributed by atoms with Gasteiger partial charge >= 0.3 is 0 Å². The van der Waals surface area contributed by atoms with Crippen molar-refractivity contribution in [2.75, 3.05) is 12.0 Å². The van der Waals surface area contributed by atoms with Gasteiger partial charge in [0.15, 0.2) is 0 Å². The number of thiol groups is 1. The van der Waals surface area contributed by atoms with Crippen molar-refractivity contribution in [2.45, 2.75) is 48.9 Å². The summed E-state index contributed by atoms with van der Waals surface area (Å²) >= 11 is 5.90. The highest BCUT2D eigenvalue weighted by atomic mass is 32.2. The van der Waals surface area contributed by atoms with Crippen molar-refractivity contribution in [1.29, 1.82) is 0 Å². The zero-order chi connectivity index (χ0) is 18.4. The number of anilines is 1. The zero-order valence-corrected chi connectivity index (χ0v) is 16.8. The number of hydrogen-bond donors (Lipinski definition) is 3. The molecule has 0 aromatic carbocycles. The maximum atomic E-state index is 6.00. The molecular formula is C18H23N5S2. The number of hydrogen-bond acceptors (Lipinski definition) is 6. The van der Waals surface area contributed by atoms with Crippen LogP contribution in [0.5, 0.6) is 0 Å². The van der Waals surface area contributed by atoms with Crippen LogP contribution in [0, 0.1) is 0 Å². The second-order valence-electron chi connectivity index (χ2n) is 7.15. The van der Waals surface area contributed by atoms with Gasteiger partial charge < -0.3 is 10.7 Å². The van der Waals surface area contributed by atoms with E-state index in [1.165, 1.54) is 22.7 Å². The molecule has 1 unspecified atom stereocenters. The Morgan fingerprint density at radius 1 is 1.28 bits per heavy atom. The van der Waals surface area contributed by atoms with Gasteiger partial charge in [-0.1, -0.05) is 20.8 Å². The molecule has 0 fully saturated rings. The van der Waals surface area contributed by atoms with Crippen molar-refractivity contribution in [3.05, 3.63) is 35.5 Å². The predicted molar refractivity (Wildman–Crippen MR) is 108 cm³/mol. The van der Waals surface area contributed by atoms with E-state index in [9.17, 15) is 0 Å². The van der Waals surface area contributed by atoms with Gasteiger partial charge in [-0.15, -0.1) is 24.4 Å². The third-order valence-corrected chi connectivity index (χ3v) is 5.59. The molecule has 0 radical (unpaired) electrons. The van der Waals surface area contributed by atoms with Gasteiger partial charge in [0.25, 0.3) is 0 Å². The maximum Gasteiger partial charge on any atom is 0.141 e. The highest BCUT2D eigenvalue weighted by molar-refractivity contribution is 7.99. The molecule has 5 nitrogen and oxygen atoms in total. The lowest BCUT2D eigenvalue weighted by Gasteiger charge is -2.18. The quantitative estimate of drug-likeness (QED) is 0.360. The molecule has 0 saturated carbocycles. The number of nitrogens with one attached hydrogen (secondary N) is 1. The van der Waals surface area contributed by atoms with E-state index >= 15 is 0 Å². The minimum Gasteiger partial charge on any atom is -0.383 e. The lowest BCUT2D eigenvalue weighted by atomic mass is 9.86. The first-order chi connectivity index (χ1) is 11.7. The molecule has 3 aromatic heterocycles. The second kappa shape index (κ2) is 6.53. The molecule has 25 heavy (non-hydrogen) atoms. The Morgan fingerprint density at radius 2 is 2.00 bits per heavy atom. The Balaban J connectivity index is 2.08. The lowest BCUT2D eigenvalue weighted by Crippen LogP contribution is -2.11. The number of rotatable bonds is 3. The standard InChI is InChI=1S/C18H23N5S2/c1-9(16-22-15(19)14(24)17(23-16)25-5)12-6-10-11(18(2,3)4)7-20-13(10)8-21-12/h6-9,20,24H,1-5H3,(H2,19,22,23). The summed E-state index contributed by atoms with van der Waals surface area (Å²) in [5, 5.41) is 1.98. The van der Waals surface area contributed by atoms with Crippen molar-refractivity contribution in [2.24, 2.45) is 0 Å². The summed E-state index contributed by atoms with van der Waals surface area (Å²) in [7, 11) is 0. The monoisotopic (exact) mass is 373 g/mol. The summed E-state index contributed by atoms with van der Waals surface area (Å²) in [4.78, 5) is 17.6. The first kappa shape index (κ1) is 18.1. The van der Waals surface area contributed by atoms with Gasteiger partial charge in [-0.05, 0) is 30.2 Å². The molecule has 1 atom stereocenters. The smallest absolute Gasteiger partial charge is 0.141 e. The molecule has 0 amide bonds. The number of aromatic nitrogens is 4. The van der Waals surface area contributed by atoms with Crippen LogP contribution < -0.4 is 5.73 Å². The van der Waals surface area contributed by atoms with E-state index < -0.39 is 0 Å². The van der Waals surface area contributed by atoms with E-state index in [4.69, 9.17) is 5.73 Å². The van der Waals surface area contributed by atoms with Crippen LogP contribution in [0.15, 0.2) is 28.4 Å². The van der Waals surface area contributed by atoms with Gasteiger partial charge in [0.05, 0.1) is 28.2 Å². The van der Waals surface area contributed by atoms with Crippen molar-refractivity contribution in [1.82, 2.24) is 19.9 Å². The molecule has 132 valence electrons. The van der Waals surface area contributed by atoms with E-state index in [0.29, 0.717) is 16.5 Å². The van der Waals surface area contributed by atoms with E-state index in [1.807, 2.05) is 12.5 Å². The summed E-state index contributed by atoms with van der Waals surface area (Å²) in [5.74, 6) is 1.01. The SMILES string of the molecule is CSc1nc(C(C)c2cc3c(C(C)(C)C)c[nH]c3cn2)nc(N)c1S. The molecule has 0 saturated heterocycles. The van der Waals surface area contributed by atoms with Crippen LogP contribution in [0.25, 0.3) is 10.9 Å². The largest absolute Gasteiger partial charge is 0.383 e. The average Bonchev–Trinajstić information content (AvgIpc) is 2.99. The number of nitrogens with zero attached hydrogens (tertiary/aromatic N) is 3. The number of aromatic amines is 1. The summed E-state index contributed by atoms with van der Waals surface area (Å²) in [6.07, 6.45) is 5.90. The average molecular weight is 374 g/mol. The predicted octanol–water partition coefficient (Wildman–Crippen LogP) is 4.40. The normalized spacial score (nSPS) is 13.4. The van der Waals surface area contributed by atoms with Gasteiger partial charge in [-0.25, -0.2) is 9.97 Å². The summed E-state index contributed by atoms with van der Waals surface area (Å²) in [6, 6.07) is 2.13. The van der Waals surface area contributed by atoms with Crippen molar-refractivity contribution in [3.8, 4) is 0 Å². The molecule has 0 bridgehead atoms.